The molecular weight excluding hydrogens is 156 g/mol. The van der Waals surface area contributed by atoms with Gasteiger partial charge in [-0.1, -0.05) is 0 Å². The van der Waals surface area contributed by atoms with Crippen LogP contribution in [0.1, 0.15) is 0 Å². The summed E-state index contributed by atoms with van der Waals surface area (Å²) in [7, 11) is 0. The van der Waals surface area contributed by atoms with Gasteiger partial charge in [0.25, 0.3) is 5.09 Å². The second-order valence-corrected chi connectivity index (χ2v) is 1.63. The summed E-state index contributed by atoms with van der Waals surface area (Å²) >= 11 is 0. The molecule has 0 spiro atoms. The van der Waals surface area contributed by atoms with Crippen LogP contribution >= 0.6 is 0 Å². The Morgan fingerprint density at radius 2 is 2.36 bits per heavy atom. The second kappa shape index (κ2) is 5.42. The van der Waals surface area contributed by atoms with Crippen molar-refractivity contribution in [2.75, 3.05) is 19.7 Å². The number of nitrogens with one attached hydrogen (secondary N) is 1. The van der Waals surface area contributed by atoms with Crippen molar-refractivity contribution in [2.24, 2.45) is 0 Å². The van der Waals surface area contributed by atoms with Gasteiger partial charge in [-0.3, -0.25) is 4.79 Å². The Balaban J connectivity index is 3.03. The molecule has 0 saturated carbocycles. The molecule has 0 amide bonds. The van der Waals surface area contributed by atoms with Crippen molar-refractivity contribution < 1.29 is 19.8 Å². The zero-order valence-electron chi connectivity index (χ0n) is 5.65. The predicted molar refractivity (Wildman–Crippen MR) is 33.5 cm³/mol. The molecular formula is C4H8N2O5. The summed E-state index contributed by atoms with van der Waals surface area (Å²) in [6.07, 6.45) is 0. The average Bonchev–Trinajstić information content (AvgIpc) is 1.85. The second-order valence-electron chi connectivity index (χ2n) is 1.63. The van der Waals surface area contributed by atoms with Crippen LogP contribution in [0.2, 0.25) is 0 Å². The van der Waals surface area contributed by atoms with E-state index in [1.165, 1.54) is 0 Å². The number of hydrogen-bond acceptors (Lipinski definition) is 5. The maximum atomic E-state index is 9.86. The molecule has 0 fully saturated rings. The van der Waals surface area contributed by atoms with E-state index >= 15 is 0 Å². The molecule has 7 heteroatoms. The number of rotatable bonds is 6. The van der Waals surface area contributed by atoms with Gasteiger partial charge in [-0.05, 0) is 0 Å². The van der Waals surface area contributed by atoms with Crippen LogP contribution in [0, 0.1) is 10.1 Å². The fourth-order valence-electron chi connectivity index (χ4n) is 0.388. The molecule has 0 atom stereocenters. The zero-order valence-corrected chi connectivity index (χ0v) is 5.65. The molecule has 0 aliphatic rings. The van der Waals surface area contributed by atoms with Gasteiger partial charge >= 0.3 is 5.97 Å². The summed E-state index contributed by atoms with van der Waals surface area (Å²) in [6, 6.07) is 0. The van der Waals surface area contributed by atoms with Crippen molar-refractivity contribution in [3.05, 3.63) is 10.1 Å². The first kappa shape index (κ1) is 9.63. The average molecular weight is 164 g/mol. The van der Waals surface area contributed by atoms with Gasteiger partial charge in [0.1, 0.15) is 6.61 Å². The third kappa shape index (κ3) is 8.63. The highest BCUT2D eigenvalue weighted by Gasteiger charge is 1.96. The number of nitrogens with zero attached hydrogens (tertiary/aromatic N) is 1. The van der Waals surface area contributed by atoms with E-state index in [2.05, 4.69) is 10.2 Å². The van der Waals surface area contributed by atoms with Crippen molar-refractivity contribution in [3.8, 4) is 0 Å². The zero-order chi connectivity index (χ0) is 8.69. The first-order valence-electron chi connectivity index (χ1n) is 2.82. The smallest absolute Gasteiger partial charge is 0.317 e. The van der Waals surface area contributed by atoms with E-state index in [1.54, 1.807) is 0 Å². The van der Waals surface area contributed by atoms with Crippen molar-refractivity contribution in [1.29, 1.82) is 0 Å². The lowest BCUT2D eigenvalue weighted by atomic mass is 10.6. The minimum atomic E-state index is -1.01. The van der Waals surface area contributed by atoms with E-state index in [-0.39, 0.29) is 19.7 Å². The van der Waals surface area contributed by atoms with Gasteiger partial charge in [-0.25, -0.2) is 0 Å². The third-order valence-corrected chi connectivity index (χ3v) is 0.752. The highest BCUT2D eigenvalue weighted by molar-refractivity contribution is 5.68. The molecule has 0 radical (unpaired) electrons. The van der Waals surface area contributed by atoms with Gasteiger partial charge in [-0.15, -0.1) is 10.1 Å². The normalized spacial score (nSPS) is 9.09. The Morgan fingerprint density at radius 1 is 1.73 bits per heavy atom. The molecule has 7 nitrogen and oxygen atoms in total. The summed E-state index contributed by atoms with van der Waals surface area (Å²) in [6.45, 7) is -0.214. The van der Waals surface area contributed by atoms with Crippen LogP contribution in [0.5, 0.6) is 0 Å². The lowest BCUT2D eigenvalue weighted by Crippen LogP contribution is -2.26. The summed E-state index contributed by atoms with van der Waals surface area (Å²) in [5, 5.41) is 19.1. The van der Waals surface area contributed by atoms with Gasteiger partial charge in [-0.2, -0.15) is 0 Å². The Morgan fingerprint density at radius 3 is 2.82 bits per heavy atom. The van der Waals surface area contributed by atoms with Crippen LogP contribution in [0.3, 0.4) is 0 Å². The van der Waals surface area contributed by atoms with Gasteiger partial charge in [0.2, 0.25) is 0 Å². The van der Waals surface area contributed by atoms with Gasteiger partial charge in [0.05, 0.1) is 6.54 Å². The van der Waals surface area contributed by atoms with Crippen LogP contribution < -0.4 is 5.32 Å². The largest absolute Gasteiger partial charge is 0.480 e. The van der Waals surface area contributed by atoms with Crippen LogP contribution in [0.25, 0.3) is 0 Å². The fraction of sp³-hybridized carbons (Fsp3) is 0.750. The molecule has 0 aromatic rings. The van der Waals surface area contributed by atoms with E-state index in [0.29, 0.717) is 0 Å². The summed E-state index contributed by atoms with van der Waals surface area (Å²) in [5.74, 6) is -1.01. The molecule has 0 heterocycles. The molecule has 0 aromatic heterocycles. The highest BCUT2D eigenvalue weighted by Crippen LogP contribution is 1.71. The van der Waals surface area contributed by atoms with E-state index in [9.17, 15) is 14.9 Å². The maximum absolute atomic E-state index is 9.86. The molecule has 64 valence electrons. The lowest BCUT2D eigenvalue weighted by Gasteiger charge is -1.98. The molecule has 0 aliphatic heterocycles. The topological polar surface area (TPSA) is 102 Å². The number of hydrogen-bond donors (Lipinski definition) is 2. The monoisotopic (exact) mass is 164 g/mol. The van der Waals surface area contributed by atoms with Gasteiger partial charge in [0.15, 0.2) is 0 Å². The number of aliphatic carboxylic acids is 1. The van der Waals surface area contributed by atoms with Gasteiger partial charge < -0.3 is 15.3 Å². The Labute approximate surface area is 62.1 Å². The third-order valence-electron chi connectivity index (χ3n) is 0.752. The van der Waals surface area contributed by atoms with E-state index < -0.39 is 11.1 Å². The molecule has 0 aromatic carbocycles. The minimum Gasteiger partial charge on any atom is -0.480 e. The van der Waals surface area contributed by atoms with Gasteiger partial charge in [0, 0.05) is 6.54 Å². The highest BCUT2D eigenvalue weighted by atomic mass is 16.9. The van der Waals surface area contributed by atoms with Crippen LogP contribution in [-0.2, 0) is 9.63 Å². The van der Waals surface area contributed by atoms with Crippen molar-refractivity contribution in [1.82, 2.24) is 5.32 Å². The van der Waals surface area contributed by atoms with Crippen LogP contribution in [0.15, 0.2) is 0 Å². The number of carboxylic acid groups (broad SMARTS) is 1. The standard InChI is InChI=1S/C4H8N2O5/c7-4(8)3-5-1-2-11-6(9)10/h5H,1-3H2,(H,7,8). The van der Waals surface area contributed by atoms with Crippen LogP contribution in [0.4, 0.5) is 0 Å². The fourth-order valence-corrected chi connectivity index (χ4v) is 0.388. The van der Waals surface area contributed by atoms with E-state index in [4.69, 9.17) is 5.11 Å². The molecule has 0 saturated heterocycles. The molecule has 2 N–H and O–H groups in total. The van der Waals surface area contributed by atoms with E-state index in [1.807, 2.05) is 0 Å². The number of carbonyl (C=O) groups is 1. The Hall–Kier alpha value is -1.37. The summed E-state index contributed by atoms with van der Waals surface area (Å²) in [5.41, 5.74) is 0. The Kier molecular flexibility index (Phi) is 4.74. The summed E-state index contributed by atoms with van der Waals surface area (Å²) < 4.78 is 0. The van der Waals surface area contributed by atoms with E-state index in [0.717, 1.165) is 0 Å². The molecule has 0 rings (SSSR count). The SMILES string of the molecule is O=C(O)CNCCO[N+](=O)[O-]. The molecule has 0 bridgehead atoms. The maximum Gasteiger partial charge on any atom is 0.317 e. The Bertz CT molecular complexity index is 131. The quantitative estimate of drug-likeness (QED) is 0.292. The first-order chi connectivity index (χ1) is 5.13. The van der Waals surface area contributed by atoms with Crippen molar-refractivity contribution in [3.63, 3.8) is 0 Å². The molecule has 0 unspecified atom stereocenters. The van der Waals surface area contributed by atoms with Crippen molar-refractivity contribution >= 4 is 5.97 Å². The minimum absolute atomic E-state index is 0.139. The first-order valence-corrected chi connectivity index (χ1v) is 2.82. The molecule has 11 heavy (non-hydrogen) atoms. The molecule has 0 aliphatic carbocycles. The lowest BCUT2D eigenvalue weighted by molar-refractivity contribution is -0.757. The summed E-state index contributed by atoms with van der Waals surface area (Å²) in [4.78, 5) is 23.3. The predicted octanol–water partition coefficient (Wildman–Crippen LogP) is -1.13. The number of carboxylic acids is 1. The van der Waals surface area contributed by atoms with Crippen LogP contribution in [-0.4, -0.2) is 35.9 Å². The van der Waals surface area contributed by atoms with Crippen molar-refractivity contribution in [2.45, 2.75) is 0 Å².